The molecule has 4 aromatic rings. The van der Waals surface area contributed by atoms with E-state index in [-0.39, 0.29) is 69.1 Å². The third-order valence-corrected chi connectivity index (χ3v) is 17.3. The van der Waals surface area contributed by atoms with Crippen LogP contribution in [0.15, 0.2) is 97.1 Å². The molecule has 0 radical (unpaired) electrons. The first-order chi connectivity index (χ1) is 41.9. The zero-order valence-corrected chi connectivity index (χ0v) is 49.2. The highest BCUT2D eigenvalue weighted by atomic mass is 31.2. The van der Waals surface area contributed by atoms with Crippen LogP contribution in [0.25, 0.3) is 0 Å². The first-order valence-corrected chi connectivity index (χ1v) is 31.9. The van der Waals surface area contributed by atoms with Crippen molar-refractivity contribution < 1.29 is 90.6 Å². The van der Waals surface area contributed by atoms with E-state index in [0.717, 1.165) is 85.8 Å². The SMILES string of the molecule is O=C(NC(Cc1ccccc1)C(CN(Cc1ccc2c(c1)OCCO2)OC1CCCC1)OP(=O)(O)O)OC1COC2OCCC12.O=C(NC(Cc1ccccc1)C(O)CN(Cc1ccc2c(c1)OCCO2)OC1CCCC1)OC1COC2OCCC12. The van der Waals surface area contributed by atoms with Gasteiger partial charge in [-0.05, 0) is 97.9 Å². The van der Waals surface area contributed by atoms with Crippen LogP contribution >= 0.6 is 7.82 Å². The van der Waals surface area contributed by atoms with Gasteiger partial charge in [-0.2, -0.15) is 10.1 Å². The Morgan fingerprint density at radius 3 is 1.45 bits per heavy atom. The summed E-state index contributed by atoms with van der Waals surface area (Å²) in [6.45, 7) is 4.52. The molecule has 0 bridgehead atoms. The lowest BCUT2D eigenvalue weighted by molar-refractivity contribution is -0.214. The Labute approximate surface area is 501 Å². The molecule has 2 amide bonds. The lowest BCUT2D eigenvalue weighted by Gasteiger charge is -2.34. The van der Waals surface area contributed by atoms with Crippen LogP contribution in [-0.4, -0.2) is 164 Å². The van der Waals surface area contributed by atoms with Crippen molar-refractivity contribution in [2.45, 2.75) is 151 Å². The summed E-state index contributed by atoms with van der Waals surface area (Å²) in [7, 11) is -5.01. The van der Waals surface area contributed by atoms with Crippen LogP contribution in [0.3, 0.4) is 0 Å². The van der Waals surface area contributed by atoms with Gasteiger partial charge >= 0.3 is 20.0 Å². The molecule has 10 unspecified atom stereocenters. The highest BCUT2D eigenvalue weighted by Gasteiger charge is 2.46. The number of ether oxygens (including phenoxy) is 10. The highest BCUT2D eigenvalue weighted by molar-refractivity contribution is 7.46. The maximum Gasteiger partial charge on any atom is 0.469 e. The maximum atomic E-state index is 13.3. The Hall–Kier alpha value is -5.63. The van der Waals surface area contributed by atoms with Crippen LogP contribution in [0, 0.1) is 11.8 Å². The molecule has 8 aliphatic rings. The molecule has 12 rings (SSSR count). The highest BCUT2D eigenvalue weighted by Crippen LogP contribution is 2.41. The van der Waals surface area contributed by atoms with E-state index < -0.39 is 56.7 Å². The molecule has 4 saturated heterocycles. The molecule has 4 aromatic carbocycles. The van der Waals surface area contributed by atoms with Crippen molar-refractivity contribution in [1.29, 1.82) is 0 Å². The zero-order valence-electron chi connectivity index (χ0n) is 48.4. The maximum absolute atomic E-state index is 13.3. The van der Waals surface area contributed by atoms with Gasteiger partial charge in [-0.3, -0.25) is 14.2 Å². The first kappa shape index (κ1) is 62.0. The fraction of sp³-hybridized carbons (Fsp3) is 0.581. The van der Waals surface area contributed by atoms with Crippen LogP contribution < -0.4 is 29.6 Å². The molecule has 6 fully saturated rings. The van der Waals surface area contributed by atoms with Crippen molar-refractivity contribution in [3.8, 4) is 23.0 Å². The summed E-state index contributed by atoms with van der Waals surface area (Å²) in [6.07, 6.45) is 5.31. The summed E-state index contributed by atoms with van der Waals surface area (Å²) in [5, 5.41) is 20.9. The van der Waals surface area contributed by atoms with Crippen LogP contribution in [-0.2, 0) is 73.1 Å². The second-order valence-electron chi connectivity index (χ2n) is 23.1. The molecule has 10 atom stereocenters. The van der Waals surface area contributed by atoms with Crippen molar-refractivity contribution in [2.75, 3.05) is 65.9 Å². The number of rotatable bonds is 24. The molecule has 6 heterocycles. The number of carbonyl (C=O) groups is 2. The van der Waals surface area contributed by atoms with Gasteiger partial charge < -0.3 is 72.9 Å². The lowest BCUT2D eigenvalue weighted by atomic mass is 10.0. The number of hydrogen-bond donors (Lipinski definition) is 5. The number of hydrogen-bond acceptors (Lipinski definition) is 19. The largest absolute Gasteiger partial charge is 0.486 e. The summed E-state index contributed by atoms with van der Waals surface area (Å²) < 4.78 is 74.5. The van der Waals surface area contributed by atoms with E-state index in [9.17, 15) is 29.0 Å². The van der Waals surface area contributed by atoms with Crippen LogP contribution in [0.5, 0.6) is 23.0 Å². The Bertz CT molecular complexity index is 2850. The molecule has 2 aliphatic carbocycles. The second kappa shape index (κ2) is 30.0. The molecule has 6 aliphatic heterocycles. The predicted molar refractivity (Wildman–Crippen MR) is 308 cm³/mol. The molecule has 2 saturated carbocycles. The third kappa shape index (κ3) is 17.6. The summed E-state index contributed by atoms with van der Waals surface area (Å²) in [5.74, 6) is 2.71. The van der Waals surface area contributed by atoms with Crippen molar-refractivity contribution in [3.63, 3.8) is 0 Å². The fourth-order valence-electron chi connectivity index (χ4n) is 12.5. The topological polar surface area (TPSA) is 262 Å². The minimum absolute atomic E-state index is 0.0412. The minimum Gasteiger partial charge on any atom is -0.486 e. The smallest absolute Gasteiger partial charge is 0.469 e. The number of phosphoric acid groups is 1. The Morgan fingerprint density at radius 2 is 0.977 bits per heavy atom. The Morgan fingerprint density at radius 1 is 0.535 bits per heavy atom. The van der Waals surface area contributed by atoms with Gasteiger partial charge in [-0.25, -0.2) is 14.2 Å². The zero-order chi connectivity index (χ0) is 59.2. The molecule has 5 N–H and O–H groups in total. The number of hydroxylamine groups is 4. The van der Waals surface area contributed by atoms with Gasteiger partial charge in [0.15, 0.2) is 35.6 Å². The first-order valence-electron chi connectivity index (χ1n) is 30.4. The quantitative estimate of drug-likeness (QED) is 0.0340. The minimum atomic E-state index is -5.01. The van der Waals surface area contributed by atoms with Crippen LogP contribution in [0.1, 0.15) is 86.5 Å². The van der Waals surface area contributed by atoms with Crippen LogP contribution in [0.4, 0.5) is 9.59 Å². The number of carbonyl (C=O) groups excluding carboxylic acids is 2. The average molecular weight is 1220 g/mol. The van der Waals surface area contributed by atoms with E-state index in [1.807, 2.05) is 102 Å². The summed E-state index contributed by atoms with van der Waals surface area (Å²) >= 11 is 0. The molecular formula is C62H81N4O19P. The van der Waals surface area contributed by atoms with Crippen LogP contribution in [0.2, 0.25) is 0 Å². The fourth-order valence-corrected chi connectivity index (χ4v) is 13.0. The number of amides is 2. The van der Waals surface area contributed by atoms with Gasteiger partial charge in [0.25, 0.3) is 0 Å². The predicted octanol–water partition coefficient (Wildman–Crippen LogP) is 7.30. The normalized spacial score (nSPS) is 24.8. The Balaban J connectivity index is 0.000000179. The molecule has 23 nitrogen and oxygen atoms in total. The van der Waals surface area contributed by atoms with Gasteiger partial charge in [-0.15, -0.1) is 0 Å². The van der Waals surface area contributed by atoms with Gasteiger partial charge in [0.1, 0.15) is 44.7 Å². The third-order valence-electron chi connectivity index (χ3n) is 16.8. The van der Waals surface area contributed by atoms with E-state index in [1.165, 1.54) is 0 Å². The molecule has 468 valence electrons. The monoisotopic (exact) mass is 1220 g/mol. The molecular weight excluding hydrogens is 1140 g/mol. The average Bonchev–Trinajstić information content (AvgIpc) is 4.23. The number of fused-ring (bicyclic) bond motifs is 4. The molecule has 0 spiro atoms. The Kier molecular flexibility index (Phi) is 21.7. The number of nitrogens with one attached hydrogen (secondary N) is 2. The molecule has 86 heavy (non-hydrogen) atoms. The lowest BCUT2D eigenvalue weighted by Crippen LogP contribution is -2.51. The summed E-state index contributed by atoms with van der Waals surface area (Å²) in [6, 6.07) is 29.1. The van der Waals surface area contributed by atoms with Crippen molar-refractivity contribution in [2.24, 2.45) is 11.8 Å². The second-order valence-corrected chi connectivity index (χ2v) is 24.3. The molecule has 0 aromatic heterocycles. The van der Waals surface area contributed by atoms with Crippen molar-refractivity contribution in [3.05, 3.63) is 119 Å². The number of aliphatic hydroxyl groups is 1. The van der Waals surface area contributed by atoms with E-state index >= 15 is 0 Å². The van der Waals surface area contributed by atoms with E-state index in [4.69, 9.17) is 61.6 Å². The van der Waals surface area contributed by atoms with Gasteiger partial charge in [-0.1, -0.05) is 98.5 Å². The van der Waals surface area contributed by atoms with Crippen molar-refractivity contribution in [1.82, 2.24) is 20.8 Å². The number of nitrogens with zero attached hydrogens (tertiary/aromatic N) is 2. The van der Waals surface area contributed by atoms with Gasteiger partial charge in [0, 0.05) is 13.1 Å². The summed E-state index contributed by atoms with van der Waals surface area (Å²) in [4.78, 5) is 59.2. The number of phosphoric ester groups is 1. The standard InChI is InChI=1S/C31H41N2O11P.C31H40N2O8/c34-31(42-29-20-41-30-24(29)12-13-40-30)32-25(16-21-6-2-1-3-7-21)28(44-45(35,36)37)19-33(43-23-8-4-5-9-23)18-22-10-11-26-27(17-22)39-15-14-38-26;34-26(19-33(41-23-8-4-5-9-23)18-22-10-11-27-28(17-22)37-15-14-36-27)25(16-21-6-2-1-3-7-21)32-31(35)40-29-20-39-30-24(29)12-13-38-30/h1-3,6-7,10-11,17,23-25,28-30H,4-5,8-9,12-16,18-20H2,(H,32,34)(H2,35,36,37);1-3,6-7,10-11,17,23-26,29-30,34H,4-5,8-9,12-16,18-20H2,(H,32,35). The molecule has 24 heteroatoms. The summed E-state index contributed by atoms with van der Waals surface area (Å²) in [5.41, 5.74) is 3.68. The van der Waals surface area contributed by atoms with E-state index in [0.29, 0.717) is 82.9 Å². The van der Waals surface area contributed by atoms with E-state index in [2.05, 4.69) is 10.6 Å². The van der Waals surface area contributed by atoms with Crippen molar-refractivity contribution >= 4 is 20.0 Å². The number of aliphatic hydroxyl groups excluding tert-OH is 1. The van der Waals surface area contributed by atoms with Gasteiger partial charge in [0.05, 0.1) is 81.7 Å². The number of benzene rings is 4. The van der Waals surface area contributed by atoms with E-state index in [1.54, 1.807) is 5.06 Å². The number of alkyl carbamates (subject to hydrolysis) is 2. The van der Waals surface area contributed by atoms with Gasteiger partial charge in [0.2, 0.25) is 0 Å².